The van der Waals surface area contributed by atoms with E-state index in [9.17, 15) is 9.18 Å². The normalized spacial score (nSPS) is 10.9. The summed E-state index contributed by atoms with van der Waals surface area (Å²) in [5.74, 6) is -1.53. The Morgan fingerprint density at radius 3 is 2.85 bits per heavy atom. The van der Waals surface area contributed by atoms with Gasteiger partial charge in [-0.2, -0.15) is 0 Å². The molecule has 3 nitrogen and oxygen atoms in total. The lowest BCUT2D eigenvalue weighted by atomic mass is 10.1. The number of carboxylic acid groups (broad SMARTS) is 1. The maximum absolute atomic E-state index is 13.9. The molecule has 0 aliphatic carbocycles. The van der Waals surface area contributed by atoms with Crippen LogP contribution in [0, 0.1) is 5.82 Å². The Bertz CT molecular complexity index is 623. The number of carbonyl (C=O) groups is 1. The Kier molecular flexibility index (Phi) is 4.53. The van der Waals surface area contributed by atoms with Gasteiger partial charge in [-0.3, -0.25) is 0 Å². The van der Waals surface area contributed by atoms with Crippen LogP contribution in [0.4, 0.5) is 10.1 Å². The smallest absolute Gasteiger partial charge is 0.328 e. The molecule has 104 valence electrons. The second-order valence-electron chi connectivity index (χ2n) is 4.28. The molecule has 0 fully saturated rings. The van der Waals surface area contributed by atoms with Crippen molar-refractivity contribution >= 4 is 29.1 Å². The molecule has 0 aliphatic rings. The highest BCUT2D eigenvalue weighted by atomic mass is 32.1. The lowest BCUT2D eigenvalue weighted by Gasteiger charge is -2.21. The van der Waals surface area contributed by atoms with Gasteiger partial charge in [0.05, 0.1) is 6.54 Å². The molecular weight excluding hydrogens is 277 g/mol. The molecule has 5 heteroatoms. The van der Waals surface area contributed by atoms with Crippen LogP contribution in [0.15, 0.2) is 41.8 Å². The highest BCUT2D eigenvalue weighted by Crippen LogP contribution is 2.26. The number of thiophene rings is 1. The molecule has 0 aliphatic heterocycles. The Hall–Kier alpha value is -2.14. The molecule has 0 amide bonds. The topological polar surface area (TPSA) is 40.5 Å². The second kappa shape index (κ2) is 6.34. The zero-order valence-electron chi connectivity index (χ0n) is 10.9. The van der Waals surface area contributed by atoms with Gasteiger partial charge in [-0.15, -0.1) is 11.3 Å². The molecule has 1 N–H and O–H groups in total. The summed E-state index contributed by atoms with van der Waals surface area (Å²) in [7, 11) is 1.85. The molecule has 0 spiro atoms. The summed E-state index contributed by atoms with van der Waals surface area (Å²) < 4.78 is 13.9. The summed E-state index contributed by atoms with van der Waals surface area (Å²) in [5.41, 5.74) is 0.949. The number of hydrogen-bond donors (Lipinski definition) is 1. The van der Waals surface area contributed by atoms with Gasteiger partial charge in [0.25, 0.3) is 0 Å². The SMILES string of the molecule is CN(Cc1cccs1)c1cccc(F)c1/C=C/C(=O)O. The maximum Gasteiger partial charge on any atom is 0.328 e. The largest absolute Gasteiger partial charge is 0.478 e. The number of rotatable bonds is 5. The number of benzene rings is 1. The lowest BCUT2D eigenvalue weighted by molar-refractivity contribution is -0.131. The van der Waals surface area contributed by atoms with Crippen LogP contribution in [-0.4, -0.2) is 18.1 Å². The number of halogens is 1. The van der Waals surface area contributed by atoms with Crippen molar-refractivity contribution in [3.8, 4) is 0 Å². The molecule has 20 heavy (non-hydrogen) atoms. The molecule has 0 saturated heterocycles. The molecule has 0 unspecified atom stereocenters. The zero-order chi connectivity index (χ0) is 14.5. The van der Waals surface area contributed by atoms with Crippen LogP contribution in [0.2, 0.25) is 0 Å². The van der Waals surface area contributed by atoms with E-state index in [2.05, 4.69) is 0 Å². The van der Waals surface area contributed by atoms with Crippen LogP contribution in [0.5, 0.6) is 0 Å². The summed E-state index contributed by atoms with van der Waals surface area (Å²) in [6, 6.07) is 8.69. The van der Waals surface area contributed by atoms with E-state index in [1.54, 1.807) is 23.5 Å². The van der Waals surface area contributed by atoms with Crippen molar-refractivity contribution in [2.45, 2.75) is 6.54 Å². The number of anilines is 1. The summed E-state index contributed by atoms with van der Waals surface area (Å²) in [4.78, 5) is 13.7. The average Bonchev–Trinajstić information content (AvgIpc) is 2.89. The van der Waals surface area contributed by atoms with Crippen molar-refractivity contribution in [3.05, 3.63) is 58.0 Å². The molecule has 0 saturated carbocycles. The van der Waals surface area contributed by atoms with Crippen LogP contribution in [0.25, 0.3) is 6.08 Å². The summed E-state index contributed by atoms with van der Waals surface area (Å²) in [5, 5.41) is 10.7. The van der Waals surface area contributed by atoms with Gasteiger partial charge < -0.3 is 10.0 Å². The fourth-order valence-electron chi connectivity index (χ4n) is 1.90. The molecular formula is C15H14FNO2S. The highest BCUT2D eigenvalue weighted by Gasteiger charge is 2.11. The van der Waals surface area contributed by atoms with Crippen molar-refractivity contribution in [1.29, 1.82) is 0 Å². The van der Waals surface area contributed by atoms with E-state index in [0.717, 1.165) is 11.0 Å². The van der Waals surface area contributed by atoms with Crippen LogP contribution in [-0.2, 0) is 11.3 Å². The Balaban J connectivity index is 2.30. The van der Waals surface area contributed by atoms with E-state index in [-0.39, 0.29) is 5.56 Å². The number of hydrogen-bond acceptors (Lipinski definition) is 3. The van der Waals surface area contributed by atoms with E-state index in [1.165, 1.54) is 12.1 Å². The maximum atomic E-state index is 13.9. The minimum Gasteiger partial charge on any atom is -0.478 e. The average molecular weight is 291 g/mol. The third-order valence-electron chi connectivity index (χ3n) is 2.81. The van der Waals surface area contributed by atoms with Crippen LogP contribution < -0.4 is 4.90 Å². The standard InChI is InChI=1S/C15H14FNO2S/c1-17(10-11-4-3-9-20-11)14-6-2-5-13(16)12(14)7-8-15(18)19/h2-9H,10H2,1H3,(H,18,19)/b8-7+. The number of nitrogens with zero attached hydrogens (tertiary/aromatic N) is 1. The van der Waals surface area contributed by atoms with Crippen LogP contribution in [0.1, 0.15) is 10.4 Å². The first-order valence-electron chi connectivity index (χ1n) is 6.01. The number of aliphatic carboxylic acids is 1. The third-order valence-corrected chi connectivity index (χ3v) is 3.67. The lowest BCUT2D eigenvalue weighted by Crippen LogP contribution is -2.17. The fourth-order valence-corrected chi connectivity index (χ4v) is 2.66. The Labute approximate surface area is 120 Å². The minimum atomic E-state index is -1.10. The van der Waals surface area contributed by atoms with Gasteiger partial charge in [-0.05, 0) is 29.7 Å². The summed E-state index contributed by atoms with van der Waals surface area (Å²) >= 11 is 1.63. The van der Waals surface area contributed by atoms with Crippen molar-refractivity contribution in [1.82, 2.24) is 0 Å². The molecule has 1 aromatic carbocycles. The van der Waals surface area contributed by atoms with E-state index in [4.69, 9.17) is 5.11 Å². The molecule has 1 aromatic heterocycles. The molecule has 0 atom stereocenters. The van der Waals surface area contributed by atoms with Crippen LogP contribution >= 0.6 is 11.3 Å². The first kappa shape index (κ1) is 14.3. The monoisotopic (exact) mass is 291 g/mol. The predicted octanol–water partition coefficient (Wildman–Crippen LogP) is 3.62. The van der Waals surface area contributed by atoms with E-state index < -0.39 is 11.8 Å². The van der Waals surface area contributed by atoms with Crippen molar-refractivity contribution in [3.63, 3.8) is 0 Å². The van der Waals surface area contributed by atoms with Gasteiger partial charge >= 0.3 is 5.97 Å². The van der Waals surface area contributed by atoms with E-state index in [0.29, 0.717) is 12.2 Å². The molecule has 2 rings (SSSR count). The highest BCUT2D eigenvalue weighted by molar-refractivity contribution is 7.09. The van der Waals surface area contributed by atoms with Gasteiger partial charge in [-0.25, -0.2) is 9.18 Å². The van der Waals surface area contributed by atoms with Crippen molar-refractivity contribution in [2.24, 2.45) is 0 Å². The molecule has 0 bridgehead atoms. The molecule has 0 radical (unpaired) electrons. The fraction of sp³-hybridized carbons (Fsp3) is 0.133. The predicted molar refractivity (Wildman–Crippen MR) is 79.5 cm³/mol. The van der Waals surface area contributed by atoms with E-state index in [1.807, 2.05) is 29.5 Å². The van der Waals surface area contributed by atoms with Crippen molar-refractivity contribution in [2.75, 3.05) is 11.9 Å². The van der Waals surface area contributed by atoms with Crippen molar-refractivity contribution < 1.29 is 14.3 Å². The molecule has 2 aromatic rings. The number of carboxylic acids is 1. The summed E-state index contributed by atoms with van der Waals surface area (Å²) in [6.45, 7) is 0.648. The van der Waals surface area contributed by atoms with Gasteiger partial charge in [-0.1, -0.05) is 12.1 Å². The minimum absolute atomic E-state index is 0.286. The van der Waals surface area contributed by atoms with Crippen LogP contribution in [0.3, 0.4) is 0 Å². The van der Waals surface area contributed by atoms with Gasteiger partial charge in [0.1, 0.15) is 5.82 Å². The third kappa shape index (κ3) is 3.45. The first-order valence-corrected chi connectivity index (χ1v) is 6.89. The quantitative estimate of drug-likeness (QED) is 0.855. The zero-order valence-corrected chi connectivity index (χ0v) is 11.7. The summed E-state index contributed by atoms with van der Waals surface area (Å²) in [6.07, 6.45) is 2.23. The Morgan fingerprint density at radius 2 is 2.20 bits per heavy atom. The van der Waals surface area contributed by atoms with E-state index >= 15 is 0 Å². The Morgan fingerprint density at radius 1 is 1.40 bits per heavy atom. The second-order valence-corrected chi connectivity index (χ2v) is 5.31. The molecule has 1 heterocycles. The first-order chi connectivity index (χ1) is 9.58. The van der Waals surface area contributed by atoms with Gasteiger partial charge in [0, 0.05) is 29.3 Å². The van der Waals surface area contributed by atoms with Gasteiger partial charge in [0.2, 0.25) is 0 Å². The van der Waals surface area contributed by atoms with Gasteiger partial charge in [0.15, 0.2) is 0 Å².